The van der Waals surface area contributed by atoms with Gasteiger partial charge in [0.05, 0.1) is 32.0 Å². The molecule has 0 aliphatic carbocycles. The molecular weight excluding hydrogens is 1130 g/mol. The van der Waals surface area contributed by atoms with Gasteiger partial charge in [-0.25, -0.2) is 0 Å². The van der Waals surface area contributed by atoms with Gasteiger partial charge in [0, 0.05) is 6.42 Å². The minimum Gasteiger partial charge on any atom is -0.394 e. The molecule has 14 heteroatoms. The third kappa shape index (κ3) is 43.2. The summed E-state index contributed by atoms with van der Waals surface area (Å²) in [5.41, 5.74) is 0. The highest BCUT2D eigenvalue weighted by Crippen LogP contribution is 2.30. The molecular formula is C76H135NO13. The van der Waals surface area contributed by atoms with E-state index in [1.807, 2.05) is 0 Å². The molecule has 0 aromatic heterocycles. The summed E-state index contributed by atoms with van der Waals surface area (Å²) < 4.78 is 22.9. The van der Waals surface area contributed by atoms with Gasteiger partial charge in [-0.1, -0.05) is 304 Å². The van der Waals surface area contributed by atoms with Crippen molar-refractivity contribution in [2.75, 3.05) is 19.8 Å². The Morgan fingerprint density at radius 3 is 1.18 bits per heavy atom. The summed E-state index contributed by atoms with van der Waals surface area (Å²) in [4.78, 5) is 13.4. The number of ether oxygens (including phenoxy) is 4. The van der Waals surface area contributed by atoms with E-state index in [4.69, 9.17) is 18.9 Å². The molecule has 0 bridgehead atoms. The molecule has 0 radical (unpaired) electrons. The number of aliphatic hydroxyl groups excluding tert-OH is 8. The lowest BCUT2D eigenvalue weighted by molar-refractivity contribution is -0.359. The predicted octanol–water partition coefficient (Wildman–Crippen LogP) is 15.6. The van der Waals surface area contributed by atoms with Crippen LogP contribution >= 0.6 is 0 Å². The van der Waals surface area contributed by atoms with Gasteiger partial charge in [-0.15, -0.1) is 0 Å². The van der Waals surface area contributed by atoms with Crippen molar-refractivity contribution in [1.29, 1.82) is 0 Å². The minimum absolute atomic E-state index is 0.209. The summed E-state index contributed by atoms with van der Waals surface area (Å²) in [6.07, 6.45) is 65.9. The van der Waals surface area contributed by atoms with Crippen molar-refractivity contribution in [3.05, 3.63) is 85.1 Å². The van der Waals surface area contributed by atoms with E-state index < -0.39 is 86.8 Å². The van der Waals surface area contributed by atoms with Crippen molar-refractivity contribution >= 4 is 5.91 Å². The number of allylic oxidation sites excluding steroid dienone is 14. The molecule has 90 heavy (non-hydrogen) atoms. The van der Waals surface area contributed by atoms with Gasteiger partial charge in [0.1, 0.15) is 48.8 Å². The summed E-state index contributed by atoms with van der Waals surface area (Å²) in [6, 6.07) is -0.837. The van der Waals surface area contributed by atoms with Gasteiger partial charge in [0.2, 0.25) is 5.91 Å². The zero-order chi connectivity index (χ0) is 65.2. The van der Waals surface area contributed by atoms with Gasteiger partial charge in [-0.2, -0.15) is 0 Å². The van der Waals surface area contributed by atoms with Crippen LogP contribution in [0.15, 0.2) is 85.1 Å². The van der Waals surface area contributed by atoms with E-state index in [0.29, 0.717) is 12.8 Å². The summed E-state index contributed by atoms with van der Waals surface area (Å²) in [5, 5.41) is 87.7. The monoisotopic (exact) mass is 1270 g/mol. The molecule has 2 saturated heterocycles. The number of hydrogen-bond acceptors (Lipinski definition) is 13. The van der Waals surface area contributed by atoms with Crippen molar-refractivity contribution in [3.8, 4) is 0 Å². The van der Waals surface area contributed by atoms with E-state index in [1.54, 1.807) is 0 Å². The molecule has 2 fully saturated rings. The number of hydrogen-bond donors (Lipinski definition) is 9. The van der Waals surface area contributed by atoms with Gasteiger partial charge in [0.25, 0.3) is 0 Å². The SMILES string of the molecule is CC/C=C\C/C=C\C/C=C\C/C=C\C/C=C\C/C=C\C/C=C\CCCCCCCCCCCCCC(=O)NC(COC1OC(CO)C(OC2OC(CO)C(O)C(O)C2O)C(O)C1O)C(O)CCCCCCCCCCCCCCCCCCCCCCCCC. The molecule has 0 aromatic carbocycles. The first kappa shape index (κ1) is 83.3. The quantitative estimate of drug-likeness (QED) is 0.0204. The lowest BCUT2D eigenvalue weighted by Crippen LogP contribution is -2.65. The van der Waals surface area contributed by atoms with E-state index in [0.717, 1.165) is 103 Å². The van der Waals surface area contributed by atoms with Gasteiger partial charge in [-0.3, -0.25) is 4.79 Å². The minimum atomic E-state index is -1.79. The summed E-state index contributed by atoms with van der Waals surface area (Å²) in [5.74, 6) is -0.209. The Hall–Kier alpha value is -2.83. The van der Waals surface area contributed by atoms with Crippen LogP contribution in [0.1, 0.15) is 296 Å². The van der Waals surface area contributed by atoms with E-state index >= 15 is 0 Å². The third-order valence-corrected chi connectivity index (χ3v) is 17.6. The second kappa shape index (κ2) is 59.9. The van der Waals surface area contributed by atoms with Crippen LogP contribution < -0.4 is 5.32 Å². The number of nitrogens with one attached hydrogen (secondary N) is 1. The Morgan fingerprint density at radius 2 is 0.767 bits per heavy atom. The van der Waals surface area contributed by atoms with Crippen molar-refractivity contribution in [2.24, 2.45) is 0 Å². The average Bonchev–Trinajstić information content (AvgIpc) is 1.41. The molecule has 12 atom stereocenters. The maximum absolute atomic E-state index is 13.4. The lowest BCUT2D eigenvalue weighted by Gasteiger charge is -2.46. The highest BCUT2D eigenvalue weighted by molar-refractivity contribution is 5.76. The first-order valence-corrected chi connectivity index (χ1v) is 36.8. The number of amides is 1. The molecule has 0 aromatic rings. The highest BCUT2D eigenvalue weighted by atomic mass is 16.7. The fourth-order valence-electron chi connectivity index (χ4n) is 11.8. The normalized spacial score (nSPS) is 23.4. The first-order valence-electron chi connectivity index (χ1n) is 36.8. The molecule has 2 heterocycles. The molecule has 1 amide bonds. The fourth-order valence-corrected chi connectivity index (χ4v) is 11.8. The van der Waals surface area contributed by atoms with Crippen molar-refractivity contribution in [2.45, 2.75) is 370 Å². The van der Waals surface area contributed by atoms with Crippen molar-refractivity contribution in [1.82, 2.24) is 5.32 Å². The Kier molecular flexibility index (Phi) is 55.4. The molecule has 0 spiro atoms. The van der Waals surface area contributed by atoms with Gasteiger partial charge in [0.15, 0.2) is 12.6 Å². The second-order valence-electron chi connectivity index (χ2n) is 25.7. The fraction of sp³-hybridized carbons (Fsp3) is 0.803. The second-order valence-corrected chi connectivity index (χ2v) is 25.7. The maximum Gasteiger partial charge on any atom is 0.220 e. The molecule has 9 N–H and O–H groups in total. The van der Waals surface area contributed by atoms with Crippen LogP contribution in [0.3, 0.4) is 0 Å². The summed E-state index contributed by atoms with van der Waals surface area (Å²) in [6.45, 7) is 2.78. The van der Waals surface area contributed by atoms with E-state index in [1.165, 1.54) is 167 Å². The van der Waals surface area contributed by atoms with Crippen LogP contribution in [0, 0.1) is 0 Å². The van der Waals surface area contributed by atoms with Crippen LogP contribution in [0.5, 0.6) is 0 Å². The largest absolute Gasteiger partial charge is 0.394 e. The molecule has 2 aliphatic rings. The number of unbranched alkanes of at least 4 members (excludes halogenated alkanes) is 33. The molecule has 0 saturated carbocycles. The van der Waals surface area contributed by atoms with E-state index in [2.05, 4.69) is 104 Å². The molecule has 522 valence electrons. The van der Waals surface area contributed by atoms with Crippen molar-refractivity contribution < 1.29 is 64.6 Å². The summed E-state index contributed by atoms with van der Waals surface area (Å²) in [7, 11) is 0. The standard InChI is InChI=1S/C76H135NO13/c1-3-5-7-9-11-13-15-17-19-21-23-25-27-28-29-30-31-32-33-34-35-36-38-40-42-44-46-48-50-52-54-56-58-60-68(81)77-64(63-87-75-73(86)71(84)74(67(62-79)89-75)90-76-72(85)70(83)69(82)66(61-78)88-76)65(80)59-57-55-53-51-49-47-45-43-41-39-37-26-24-22-20-18-16-14-12-10-8-6-4-2/h5,7,11,13,17,19,23,25,28-29,31-32,34-35,64-67,69-76,78-80,82-86H,3-4,6,8-10,12,14-16,18,20-22,24,26-27,30,33,36-63H2,1-2H3,(H,77,81)/b7-5-,13-11-,19-17-,25-23-,29-28-,32-31-,35-34-. The Morgan fingerprint density at radius 1 is 0.411 bits per heavy atom. The maximum atomic E-state index is 13.4. The number of carbonyl (C=O) groups is 1. The molecule has 2 aliphatic heterocycles. The molecule has 2 rings (SSSR count). The van der Waals surface area contributed by atoms with Crippen LogP contribution in [-0.4, -0.2) is 140 Å². The average molecular weight is 1270 g/mol. The Balaban J connectivity index is 1.65. The predicted molar refractivity (Wildman–Crippen MR) is 369 cm³/mol. The van der Waals surface area contributed by atoms with Crippen LogP contribution in [0.25, 0.3) is 0 Å². The third-order valence-electron chi connectivity index (χ3n) is 17.6. The lowest BCUT2D eigenvalue weighted by atomic mass is 9.97. The van der Waals surface area contributed by atoms with Crippen LogP contribution in [-0.2, 0) is 23.7 Å². The number of carbonyl (C=O) groups excluding carboxylic acids is 1. The first-order chi connectivity index (χ1) is 44.1. The summed E-state index contributed by atoms with van der Waals surface area (Å²) >= 11 is 0. The Labute approximate surface area is 548 Å². The smallest absolute Gasteiger partial charge is 0.220 e. The van der Waals surface area contributed by atoms with Gasteiger partial charge < -0.3 is 65.1 Å². The van der Waals surface area contributed by atoms with Gasteiger partial charge in [-0.05, 0) is 70.6 Å². The topological polar surface area (TPSA) is 228 Å². The van der Waals surface area contributed by atoms with E-state index in [-0.39, 0.29) is 12.5 Å². The number of rotatable bonds is 60. The van der Waals surface area contributed by atoms with Crippen LogP contribution in [0.2, 0.25) is 0 Å². The van der Waals surface area contributed by atoms with Crippen molar-refractivity contribution in [3.63, 3.8) is 0 Å². The van der Waals surface area contributed by atoms with Crippen LogP contribution in [0.4, 0.5) is 0 Å². The zero-order valence-electron chi connectivity index (χ0n) is 56.9. The van der Waals surface area contributed by atoms with Gasteiger partial charge >= 0.3 is 0 Å². The zero-order valence-corrected chi connectivity index (χ0v) is 56.9. The highest BCUT2D eigenvalue weighted by Gasteiger charge is 2.51. The number of aliphatic hydroxyl groups is 8. The molecule has 14 nitrogen and oxygen atoms in total. The van der Waals surface area contributed by atoms with E-state index in [9.17, 15) is 45.6 Å². The Bertz CT molecular complexity index is 1830. The molecule has 12 unspecified atom stereocenters.